The Morgan fingerprint density at radius 1 is 0.972 bits per heavy atom. The van der Waals surface area contributed by atoms with E-state index in [1.807, 2.05) is 0 Å². The van der Waals surface area contributed by atoms with Crippen LogP contribution in [0.15, 0.2) is 0 Å². The summed E-state index contributed by atoms with van der Waals surface area (Å²) >= 11 is 0. The van der Waals surface area contributed by atoms with Crippen molar-refractivity contribution in [2.45, 2.75) is 117 Å². The molecule has 204 valence electrons. The largest absolute Gasteiger partial charge is 1.00 e. The summed E-state index contributed by atoms with van der Waals surface area (Å²) in [7, 11) is -4.58. The van der Waals surface area contributed by atoms with Crippen LogP contribution in [0.4, 0.5) is 0 Å². The van der Waals surface area contributed by atoms with Crippen molar-refractivity contribution in [3.05, 3.63) is 0 Å². The van der Waals surface area contributed by atoms with Gasteiger partial charge >= 0.3 is 29.6 Å². The van der Waals surface area contributed by atoms with E-state index in [0.717, 1.165) is 44.9 Å². The van der Waals surface area contributed by atoms with Gasteiger partial charge in [0, 0.05) is 0 Å². The second-order valence-corrected chi connectivity index (χ2v) is 14.2. The third-order valence-corrected chi connectivity index (χ3v) is 12.1. The van der Waals surface area contributed by atoms with E-state index >= 15 is 0 Å². The molecule has 6 nitrogen and oxygen atoms in total. The molecule has 3 unspecified atom stereocenters. The molecule has 0 aromatic heterocycles. The first kappa shape index (κ1) is 31.3. The van der Waals surface area contributed by atoms with Gasteiger partial charge in [0.15, 0.2) is 0 Å². The van der Waals surface area contributed by atoms with Gasteiger partial charge in [0.2, 0.25) is 10.4 Å². The second-order valence-electron chi connectivity index (χ2n) is 13.2. The van der Waals surface area contributed by atoms with E-state index in [1.165, 1.54) is 25.7 Å². The zero-order chi connectivity index (χ0) is 25.6. The van der Waals surface area contributed by atoms with Crippen molar-refractivity contribution in [1.29, 1.82) is 0 Å². The molecular weight excluding hydrogens is 487 g/mol. The van der Waals surface area contributed by atoms with Gasteiger partial charge in [-0.1, -0.05) is 53.4 Å². The molecule has 4 saturated carbocycles. The predicted octanol–water partition coefficient (Wildman–Crippen LogP) is 2.29. The fourth-order valence-electron chi connectivity index (χ4n) is 10.0. The average Bonchev–Trinajstić information content (AvgIpc) is 3.14. The molecule has 0 bridgehead atoms. The molecule has 8 heteroatoms. The molecule has 0 radical (unpaired) electrons. The smallest absolute Gasteiger partial charge is 0.726 e. The number of hydrogen-bond donors (Lipinski definition) is 2. The molecule has 4 fully saturated rings. The molecule has 11 atom stereocenters. The predicted molar refractivity (Wildman–Crippen MR) is 135 cm³/mol. The zero-order valence-corrected chi connectivity index (χ0v) is 26.1. The monoisotopic (exact) mass is 536 g/mol. The van der Waals surface area contributed by atoms with Crippen molar-refractivity contribution < 1.29 is 56.9 Å². The van der Waals surface area contributed by atoms with Crippen LogP contribution in [0.3, 0.4) is 0 Å². The van der Waals surface area contributed by atoms with Crippen molar-refractivity contribution in [3.63, 3.8) is 0 Å². The van der Waals surface area contributed by atoms with Crippen molar-refractivity contribution >= 4 is 10.4 Å². The quantitative estimate of drug-likeness (QED) is 0.203. The standard InChI is InChI=1S/C28H50O6S.Na/c1-5-20-24-17-19(29)12-14-28(24,4)23-13-15-27(3)21(10-11-22(27)25(23)26(20)30)18(2)9-7-6-8-16-34-35(31,32)33;/h18-26,29-30H,5-17H2,1-4H3,(H,31,32,33);/q;+1/p-1/t18-,19-,20-,21-,22?,23?,24+,25?,26-,27-,28-;/m1./s1. The first-order valence-corrected chi connectivity index (χ1v) is 15.7. The minimum absolute atomic E-state index is 0. The van der Waals surface area contributed by atoms with Crippen LogP contribution in [0.5, 0.6) is 0 Å². The Morgan fingerprint density at radius 2 is 1.64 bits per heavy atom. The molecule has 0 amide bonds. The van der Waals surface area contributed by atoms with E-state index in [0.29, 0.717) is 47.8 Å². The van der Waals surface area contributed by atoms with Crippen LogP contribution in [0.2, 0.25) is 0 Å². The van der Waals surface area contributed by atoms with Crippen molar-refractivity contribution in [1.82, 2.24) is 0 Å². The van der Waals surface area contributed by atoms with Gasteiger partial charge in [0.05, 0.1) is 18.8 Å². The first-order chi connectivity index (χ1) is 16.4. The van der Waals surface area contributed by atoms with E-state index in [1.54, 1.807) is 0 Å². The summed E-state index contributed by atoms with van der Waals surface area (Å²) in [6, 6.07) is 0. The topological polar surface area (TPSA) is 107 Å². The Kier molecular flexibility index (Phi) is 10.5. The Hall–Kier alpha value is 0.790. The van der Waals surface area contributed by atoms with Gasteiger partial charge in [-0.3, -0.25) is 4.18 Å². The maximum Gasteiger partial charge on any atom is 1.00 e. The van der Waals surface area contributed by atoms with E-state index < -0.39 is 10.4 Å². The molecule has 2 N–H and O–H groups in total. The summed E-state index contributed by atoms with van der Waals surface area (Å²) < 4.78 is 36.1. The van der Waals surface area contributed by atoms with Gasteiger partial charge in [0.25, 0.3) is 0 Å². The summed E-state index contributed by atoms with van der Waals surface area (Å²) in [6.45, 7) is 9.61. The summed E-state index contributed by atoms with van der Waals surface area (Å²) in [5, 5.41) is 22.3. The summed E-state index contributed by atoms with van der Waals surface area (Å²) in [5.74, 6) is 3.54. The third kappa shape index (κ3) is 5.94. The van der Waals surface area contributed by atoms with Crippen LogP contribution >= 0.6 is 0 Å². The number of fused-ring (bicyclic) bond motifs is 5. The van der Waals surface area contributed by atoms with Gasteiger partial charge in [-0.15, -0.1) is 0 Å². The molecule has 0 aromatic rings. The molecule has 4 rings (SSSR count). The van der Waals surface area contributed by atoms with Crippen molar-refractivity contribution in [2.75, 3.05) is 6.61 Å². The number of aliphatic hydroxyl groups excluding tert-OH is 2. The van der Waals surface area contributed by atoms with Crippen LogP contribution in [0, 0.1) is 52.3 Å². The number of hydrogen-bond acceptors (Lipinski definition) is 6. The summed E-state index contributed by atoms with van der Waals surface area (Å²) in [6.07, 6.45) is 12.0. The molecule has 4 aliphatic rings. The van der Waals surface area contributed by atoms with Crippen LogP contribution < -0.4 is 29.6 Å². The van der Waals surface area contributed by atoms with Crippen LogP contribution in [-0.4, -0.2) is 42.0 Å². The van der Waals surface area contributed by atoms with Crippen LogP contribution in [0.1, 0.15) is 105 Å². The maximum absolute atomic E-state index is 11.8. The number of aliphatic hydroxyl groups is 2. The molecule has 0 aromatic carbocycles. The third-order valence-electron chi connectivity index (χ3n) is 11.7. The van der Waals surface area contributed by atoms with Crippen LogP contribution in [0.25, 0.3) is 0 Å². The van der Waals surface area contributed by atoms with E-state index in [4.69, 9.17) is 0 Å². The molecule has 4 aliphatic carbocycles. The number of unbranched alkanes of at least 4 members (excludes halogenated alkanes) is 2. The van der Waals surface area contributed by atoms with Gasteiger partial charge in [-0.25, -0.2) is 8.42 Å². The Morgan fingerprint density at radius 3 is 2.31 bits per heavy atom. The van der Waals surface area contributed by atoms with E-state index in [-0.39, 0.29) is 59.2 Å². The minimum atomic E-state index is -4.58. The molecule has 0 heterocycles. The second kappa shape index (κ2) is 12.1. The van der Waals surface area contributed by atoms with Gasteiger partial charge in [0.1, 0.15) is 0 Å². The molecule has 0 saturated heterocycles. The van der Waals surface area contributed by atoms with Crippen molar-refractivity contribution in [3.8, 4) is 0 Å². The van der Waals surface area contributed by atoms with Crippen molar-refractivity contribution in [2.24, 2.45) is 52.3 Å². The van der Waals surface area contributed by atoms with Gasteiger partial charge < -0.3 is 14.8 Å². The normalized spacial score (nSPS) is 45.2. The van der Waals surface area contributed by atoms with Gasteiger partial charge in [-0.2, -0.15) is 0 Å². The molecular formula is C28H49NaO6S. The molecule has 0 spiro atoms. The minimum Gasteiger partial charge on any atom is -0.726 e. The SMILES string of the molecule is CC[C@H]1[C@@H](O)C2C3CC[C@H]([C@H](C)CCCCCOS(=O)(=O)[O-])[C@@]3(C)CCC2[C@@]2(C)CC[C@@H](O)C[C@@H]12.[Na+]. The first-order valence-electron chi connectivity index (χ1n) is 14.4. The van der Waals surface area contributed by atoms with Gasteiger partial charge in [-0.05, 0) is 104 Å². The number of rotatable bonds is 9. The molecule has 0 aliphatic heterocycles. The Balaban J connectivity index is 0.00000361. The Bertz CT molecular complexity index is 838. The zero-order valence-electron chi connectivity index (χ0n) is 23.3. The fraction of sp³-hybridized carbons (Fsp3) is 1.00. The summed E-state index contributed by atoms with van der Waals surface area (Å²) in [5.41, 5.74) is 0.519. The Labute approximate surface area is 242 Å². The maximum atomic E-state index is 11.8. The van der Waals surface area contributed by atoms with E-state index in [2.05, 4.69) is 31.9 Å². The summed E-state index contributed by atoms with van der Waals surface area (Å²) in [4.78, 5) is 0. The fourth-order valence-corrected chi connectivity index (χ4v) is 10.4. The average molecular weight is 537 g/mol. The van der Waals surface area contributed by atoms with Crippen LogP contribution in [-0.2, 0) is 14.6 Å². The molecule has 36 heavy (non-hydrogen) atoms. The van der Waals surface area contributed by atoms with E-state index in [9.17, 15) is 23.2 Å².